The second kappa shape index (κ2) is 6.76. The van der Waals surface area contributed by atoms with E-state index in [0.717, 1.165) is 28.8 Å². The van der Waals surface area contributed by atoms with Gasteiger partial charge in [-0.15, -0.1) is 0 Å². The summed E-state index contributed by atoms with van der Waals surface area (Å²) in [5.41, 5.74) is 1.01. The molecule has 19 heavy (non-hydrogen) atoms. The van der Waals surface area contributed by atoms with Crippen LogP contribution < -0.4 is 5.32 Å². The second-order valence-corrected chi connectivity index (χ2v) is 6.53. The Kier molecular flexibility index (Phi) is 5.28. The van der Waals surface area contributed by atoms with E-state index >= 15 is 0 Å². The minimum atomic E-state index is 0.237. The lowest BCUT2D eigenvalue weighted by Crippen LogP contribution is -2.32. The Labute approximate surface area is 124 Å². The summed E-state index contributed by atoms with van der Waals surface area (Å²) in [7, 11) is 0. The molecule has 1 fully saturated rings. The third-order valence-corrected chi connectivity index (χ3v) is 4.51. The summed E-state index contributed by atoms with van der Waals surface area (Å²) in [6.45, 7) is 4.41. The molecule has 0 aromatic heterocycles. The van der Waals surface area contributed by atoms with E-state index in [2.05, 4.69) is 35.1 Å². The fourth-order valence-corrected chi connectivity index (χ4v) is 3.00. The van der Waals surface area contributed by atoms with Crippen molar-refractivity contribution in [1.82, 2.24) is 5.32 Å². The van der Waals surface area contributed by atoms with Crippen molar-refractivity contribution in [3.8, 4) is 5.75 Å². The molecule has 2 unspecified atom stereocenters. The van der Waals surface area contributed by atoms with Crippen LogP contribution in [-0.2, 0) is 0 Å². The lowest BCUT2D eigenvalue weighted by molar-refractivity contribution is 0.372. The molecule has 0 heterocycles. The molecule has 0 amide bonds. The fourth-order valence-electron chi connectivity index (χ4n) is 2.63. The van der Waals surface area contributed by atoms with Crippen LogP contribution in [0.3, 0.4) is 0 Å². The van der Waals surface area contributed by atoms with Crippen LogP contribution in [0.15, 0.2) is 22.7 Å². The molecule has 106 valence electrons. The van der Waals surface area contributed by atoms with E-state index in [9.17, 15) is 5.11 Å². The third-order valence-electron chi connectivity index (χ3n) is 4.02. The van der Waals surface area contributed by atoms with Gasteiger partial charge in [0, 0.05) is 22.1 Å². The highest BCUT2D eigenvalue weighted by atomic mass is 79.9. The molecule has 1 saturated carbocycles. The second-order valence-electron chi connectivity index (χ2n) is 5.61. The SMILES string of the molecule is CCC(CC1CC1)NC(CC)c1cc(Br)ccc1O. The Morgan fingerprint density at radius 2 is 2.05 bits per heavy atom. The van der Waals surface area contributed by atoms with Gasteiger partial charge in [-0.05, 0) is 43.4 Å². The molecule has 1 aromatic rings. The quantitative estimate of drug-likeness (QED) is 0.756. The van der Waals surface area contributed by atoms with Crippen molar-refractivity contribution in [2.24, 2.45) is 5.92 Å². The summed E-state index contributed by atoms with van der Waals surface area (Å²) in [6, 6.07) is 6.48. The van der Waals surface area contributed by atoms with Crippen LogP contribution in [0.4, 0.5) is 0 Å². The highest BCUT2D eigenvalue weighted by molar-refractivity contribution is 9.10. The Morgan fingerprint density at radius 1 is 1.32 bits per heavy atom. The van der Waals surface area contributed by atoms with Crippen molar-refractivity contribution in [2.75, 3.05) is 0 Å². The van der Waals surface area contributed by atoms with E-state index in [1.807, 2.05) is 12.1 Å². The molecule has 2 nitrogen and oxygen atoms in total. The van der Waals surface area contributed by atoms with Gasteiger partial charge in [-0.3, -0.25) is 0 Å². The van der Waals surface area contributed by atoms with E-state index in [1.54, 1.807) is 6.07 Å². The molecule has 2 N–H and O–H groups in total. The van der Waals surface area contributed by atoms with Crippen LogP contribution in [0, 0.1) is 5.92 Å². The standard InChI is InChI=1S/C16H24BrNO/c1-3-13(9-11-5-6-11)18-15(4-2)14-10-12(17)7-8-16(14)19/h7-8,10-11,13,15,18-19H,3-6,9H2,1-2H3. The van der Waals surface area contributed by atoms with Gasteiger partial charge in [0.2, 0.25) is 0 Å². The molecular weight excluding hydrogens is 302 g/mol. The molecule has 0 spiro atoms. The van der Waals surface area contributed by atoms with Gasteiger partial charge in [-0.2, -0.15) is 0 Å². The van der Waals surface area contributed by atoms with Crippen LogP contribution in [-0.4, -0.2) is 11.1 Å². The number of rotatable bonds is 7. The Balaban J connectivity index is 2.06. The van der Waals surface area contributed by atoms with Crippen LogP contribution in [0.1, 0.15) is 57.6 Å². The normalized spacial score (nSPS) is 18.3. The molecule has 2 atom stereocenters. The van der Waals surface area contributed by atoms with Gasteiger partial charge in [0.1, 0.15) is 5.75 Å². The van der Waals surface area contributed by atoms with Gasteiger partial charge < -0.3 is 10.4 Å². The topological polar surface area (TPSA) is 32.3 Å². The number of nitrogens with one attached hydrogen (secondary N) is 1. The van der Waals surface area contributed by atoms with Gasteiger partial charge >= 0.3 is 0 Å². The monoisotopic (exact) mass is 325 g/mol. The Morgan fingerprint density at radius 3 is 2.63 bits per heavy atom. The maximum absolute atomic E-state index is 10.1. The average molecular weight is 326 g/mol. The average Bonchev–Trinajstić information content (AvgIpc) is 3.21. The molecule has 1 aliphatic carbocycles. The first kappa shape index (κ1) is 14.9. The predicted octanol–water partition coefficient (Wildman–Crippen LogP) is 4.77. The molecule has 0 bridgehead atoms. The lowest BCUT2D eigenvalue weighted by Gasteiger charge is -2.25. The molecule has 2 rings (SSSR count). The molecule has 0 saturated heterocycles. The first-order valence-corrected chi connectivity index (χ1v) is 8.17. The van der Waals surface area contributed by atoms with Crippen molar-refractivity contribution in [1.29, 1.82) is 0 Å². The molecular formula is C16H24BrNO. The smallest absolute Gasteiger partial charge is 0.120 e. The number of aromatic hydroxyl groups is 1. The molecule has 3 heteroatoms. The van der Waals surface area contributed by atoms with E-state index in [4.69, 9.17) is 0 Å². The number of hydrogen-bond donors (Lipinski definition) is 2. The summed E-state index contributed by atoms with van der Waals surface area (Å²) in [5, 5.41) is 13.8. The maximum Gasteiger partial charge on any atom is 0.120 e. The van der Waals surface area contributed by atoms with E-state index in [-0.39, 0.29) is 6.04 Å². The zero-order valence-corrected chi connectivity index (χ0v) is 13.4. The van der Waals surface area contributed by atoms with E-state index < -0.39 is 0 Å². The number of halogens is 1. The van der Waals surface area contributed by atoms with Gasteiger partial charge in [0.05, 0.1) is 0 Å². The van der Waals surface area contributed by atoms with Crippen LogP contribution in [0.5, 0.6) is 5.75 Å². The minimum absolute atomic E-state index is 0.237. The molecule has 0 aliphatic heterocycles. The maximum atomic E-state index is 10.1. The Bertz CT molecular complexity index is 417. The Hall–Kier alpha value is -0.540. The van der Waals surface area contributed by atoms with Crippen LogP contribution >= 0.6 is 15.9 Å². The van der Waals surface area contributed by atoms with Crippen LogP contribution in [0.25, 0.3) is 0 Å². The first-order valence-electron chi connectivity index (χ1n) is 7.38. The van der Waals surface area contributed by atoms with Crippen molar-refractivity contribution >= 4 is 15.9 Å². The summed E-state index contributed by atoms with van der Waals surface area (Å²) in [6.07, 6.45) is 6.23. The van der Waals surface area contributed by atoms with Crippen molar-refractivity contribution in [2.45, 2.75) is 58.0 Å². The highest BCUT2D eigenvalue weighted by Gasteiger charge is 2.26. The summed E-state index contributed by atoms with van der Waals surface area (Å²) >= 11 is 3.49. The molecule has 1 aliphatic rings. The zero-order valence-electron chi connectivity index (χ0n) is 11.8. The zero-order chi connectivity index (χ0) is 13.8. The number of benzene rings is 1. The van der Waals surface area contributed by atoms with Crippen LogP contribution in [0.2, 0.25) is 0 Å². The highest BCUT2D eigenvalue weighted by Crippen LogP contribution is 2.35. The minimum Gasteiger partial charge on any atom is -0.508 e. The van der Waals surface area contributed by atoms with E-state index in [0.29, 0.717) is 11.8 Å². The summed E-state index contributed by atoms with van der Waals surface area (Å²) < 4.78 is 1.02. The summed E-state index contributed by atoms with van der Waals surface area (Å²) in [4.78, 5) is 0. The van der Waals surface area contributed by atoms with Gasteiger partial charge in [0.25, 0.3) is 0 Å². The van der Waals surface area contributed by atoms with Gasteiger partial charge in [-0.25, -0.2) is 0 Å². The molecule has 0 radical (unpaired) electrons. The predicted molar refractivity (Wildman–Crippen MR) is 83.4 cm³/mol. The van der Waals surface area contributed by atoms with Gasteiger partial charge in [-0.1, -0.05) is 42.6 Å². The largest absolute Gasteiger partial charge is 0.508 e. The lowest BCUT2D eigenvalue weighted by atomic mass is 10.00. The number of phenolic OH excluding ortho intramolecular Hbond substituents is 1. The number of phenols is 1. The van der Waals surface area contributed by atoms with E-state index in [1.165, 1.54) is 19.3 Å². The first-order chi connectivity index (χ1) is 9.13. The van der Waals surface area contributed by atoms with Gasteiger partial charge in [0.15, 0.2) is 0 Å². The molecule has 1 aromatic carbocycles. The van der Waals surface area contributed by atoms with Crippen molar-refractivity contribution < 1.29 is 5.11 Å². The fraction of sp³-hybridized carbons (Fsp3) is 0.625. The summed E-state index contributed by atoms with van der Waals surface area (Å²) in [5.74, 6) is 1.33. The number of hydrogen-bond acceptors (Lipinski definition) is 2. The third kappa shape index (κ3) is 4.22. The van der Waals surface area contributed by atoms with Crippen molar-refractivity contribution in [3.63, 3.8) is 0 Å². The van der Waals surface area contributed by atoms with Crippen molar-refractivity contribution in [3.05, 3.63) is 28.2 Å².